The Morgan fingerprint density at radius 2 is 1.54 bits per heavy atom. The maximum absolute atomic E-state index is 13.8. The first-order valence-corrected chi connectivity index (χ1v) is 13.4. The molecule has 5 rings (SSSR count). The number of carbonyl (C=O) groups is 2. The molecule has 0 saturated heterocycles. The smallest absolute Gasteiger partial charge is 0.326 e. The highest BCUT2D eigenvalue weighted by molar-refractivity contribution is 6.36. The Morgan fingerprint density at radius 1 is 0.872 bits per heavy atom. The monoisotopic (exact) mass is 562 g/mol. The van der Waals surface area contributed by atoms with Crippen LogP contribution in [0.3, 0.4) is 0 Å². The number of anilines is 1. The maximum atomic E-state index is 13.8. The summed E-state index contributed by atoms with van der Waals surface area (Å²) in [5.41, 5.74) is 1.47. The van der Waals surface area contributed by atoms with Crippen LogP contribution in [-0.4, -0.2) is 17.6 Å². The quantitative estimate of drug-likeness (QED) is 0.185. The van der Waals surface area contributed by atoms with Crippen LogP contribution < -0.4 is 5.32 Å². The Bertz CT molecular complexity index is 1490. The minimum atomic E-state index is -0.698. The predicted octanol–water partition coefficient (Wildman–Crippen LogP) is 8.78. The molecule has 2 saturated carbocycles. The lowest BCUT2D eigenvalue weighted by molar-refractivity contribution is -0.130. The van der Waals surface area contributed by atoms with Gasteiger partial charge in [0.2, 0.25) is 5.91 Å². The fraction of sp³-hybridized carbons (Fsp3) is 0.300. The van der Waals surface area contributed by atoms with E-state index in [-0.39, 0.29) is 16.5 Å². The third kappa shape index (κ3) is 4.74. The van der Waals surface area contributed by atoms with Crippen molar-refractivity contribution in [2.75, 3.05) is 5.32 Å². The van der Waals surface area contributed by atoms with Crippen LogP contribution in [0.15, 0.2) is 88.2 Å². The molecule has 3 aromatic carbocycles. The van der Waals surface area contributed by atoms with E-state index in [9.17, 15) is 9.59 Å². The molecule has 2 aliphatic carbocycles. The van der Waals surface area contributed by atoms with Crippen molar-refractivity contribution in [3.05, 3.63) is 88.4 Å². The second-order valence-corrected chi connectivity index (χ2v) is 11.6. The van der Waals surface area contributed by atoms with Gasteiger partial charge in [0.15, 0.2) is 0 Å². The molecule has 1 amide bonds. The topological polar surface area (TPSA) is 92.5 Å². The first-order chi connectivity index (χ1) is 18.6. The zero-order valence-corrected chi connectivity index (χ0v) is 23.4. The molecule has 2 fully saturated rings. The number of amides is 1. The van der Waals surface area contributed by atoms with Crippen LogP contribution in [0.4, 0.5) is 17.1 Å². The molecule has 2 aliphatic rings. The summed E-state index contributed by atoms with van der Waals surface area (Å²) in [5.74, 6) is -0.747. The van der Waals surface area contributed by atoms with E-state index in [0.717, 1.165) is 12.1 Å². The molecule has 2 unspecified atom stereocenters. The summed E-state index contributed by atoms with van der Waals surface area (Å²) in [6, 6.07) is 21.3. The average Bonchev–Trinajstić information content (AvgIpc) is 3.23. The second kappa shape index (κ2) is 10.2. The van der Waals surface area contributed by atoms with Crippen molar-refractivity contribution < 1.29 is 14.4 Å². The predicted molar refractivity (Wildman–Crippen MR) is 153 cm³/mol. The van der Waals surface area contributed by atoms with Gasteiger partial charge in [0.1, 0.15) is 0 Å². The van der Waals surface area contributed by atoms with Crippen LogP contribution in [0.25, 0.3) is 0 Å². The Hall–Kier alpha value is -3.55. The van der Waals surface area contributed by atoms with Crippen molar-refractivity contribution in [3.63, 3.8) is 0 Å². The van der Waals surface area contributed by atoms with E-state index in [2.05, 4.69) is 41.5 Å². The fourth-order valence-corrected chi connectivity index (χ4v) is 6.28. The van der Waals surface area contributed by atoms with Crippen LogP contribution in [0.5, 0.6) is 0 Å². The minimum Gasteiger partial charge on any atom is -0.326 e. The molecule has 200 valence electrons. The third-order valence-electron chi connectivity index (χ3n) is 8.72. The summed E-state index contributed by atoms with van der Waals surface area (Å²) < 4.78 is 0. The SMILES string of the molecule is CC12CCC(C(=O)Nc3ccc(N=Nc4ccccc4)cc3)(C/C1=N\OC(=O)c1ccc(Cl)cc1Cl)C2(C)C. The van der Waals surface area contributed by atoms with Crippen LogP contribution in [0.1, 0.15) is 50.4 Å². The molecule has 2 atom stereocenters. The fourth-order valence-electron chi connectivity index (χ4n) is 5.80. The normalized spacial score (nSPS) is 24.3. The van der Waals surface area contributed by atoms with Crippen LogP contribution in [-0.2, 0) is 9.63 Å². The molecule has 0 spiro atoms. The van der Waals surface area contributed by atoms with Crippen LogP contribution in [0, 0.1) is 16.2 Å². The van der Waals surface area contributed by atoms with Gasteiger partial charge >= 0.3 is 5.97 Å². The molecule has 0 heterocycles. The largest absolute Gasteiger partial charge is 0.367 e. The van der Waals surface area contributed by atoms with Gasteiger partial charge in [-0.25, -0.2) is 4.79 Å². The number of rotatable bonds is 6. The van der Waals surface area contributed by atoms with Gasteiger partial charge < -0.3 is 10.2 Å². The van der Waals surface area contributed by atoms with Crippen molar-refractivity contribution in [2.24, 2.45) is 31.6 Å². The van der Waals surface area contributed by atoms with E-state index in [1.807, 2.05) is 54.6 Å². The zero-order valence-electron chi connectivity index (χ0n) is 21.9. The van der Waals surface area contributed by atoms with Gasteiger partial charge in [-0.1, -0.05) is 67.3 Å². The number of oxime groups is 1. The Labute approximate surface area is 237 Å². The molecule has 7 nitrogen and oxygen atoms in total. The van der Waals surface area contributed by atoms with Crippen LogP contribution in [0.2, 0.25) is 10.0 Å². The van der Waals surface area contributed by atoms with Crippen molar-refractivity contribution in [2.45, 2.75) is 40.0 Å². The molecule has 0 radical (unpaired) electrons. The van der Waals surface area contributed by atoms with Crippen molar-refractivity contribution in [1.82, 2.24) is 0 Å². The maximum Gasteiger partial charge on any atom is 0.367 e. The van der Waals surface area contributed by atoms with Crippen molar-refractivity contribution in [1.29, 1.82) is 0 Å². The summed E-state index contributed by atoms with van der Waals surface area (Å²) in [5, 5.41) is 16.5. The molecule has 1 N–H and O–H groups in total. The highest BCUT2D eigenvalue weighted by Crippen LogP contribution is 2.71. The number of hydrogen-bond donors (Lipinski definition) is 1. The highest BCUT2D eigenvalue weighted by atomic mass is 35.5. The molecule has 39 heavy (non-hydrogen) atoms. The van der Waals surface area contributed by atoms with Crippen molar-refractivity contribution in [3.8, 4) is 0 Å². The van der Waals surface area contributed by atoms with Gasteiger partial charge in [0.25, 0.3) is 0 Å². The number of fused-ring (bicyclic) bond motifs is 2. The summed E-state index contributed by atoms with van der Waals surface area (Å²) in [6.07, 6.45) is 1.86. The molecule has 2 bridgehead atoms. The van der Waals surface area contributed by atoms with Gasteiger partial charge in [0.05, 0.1) is 33.1 Å². The van der Waals surface area contributed by atoms with Crippen LogP contribution >= 0.6 is 23.2 Å². The number of hydrogen-bond acceptors (Lipinski definition) is 6. The lowest BCUT2D eigenvalue weighted by Gasteiger charge is -2.39. The number of halogens is 2. The summed E-state index contributed by atoms with van der Waals surface area (Å²) in [7, 11) is 0. The van der Waals surface area contributed by atoms with E-state index in [1.54, 1.807) is 6.07 Å². The molecule has 0 aromatic heterocycles. The second-order valence-electron chi connectivity index (χ2n) is 10.8. The first kappa shape index (κ1) is 27.0. The zero-order chi connectivity index (χ0) is 27.8. The van der Waals surface area contributed by atoms with Gasteiger partial charge in [-0.05, 0) is 72.9 Å². The molecular weight excluding hydrogens is 535 g/mol. The average molecular weight is 563 g/mol. The lowest BCUT2D eigenvalue weighted by Crippen LogP contribution is -2.43. The third-order valence-corrected chi connectivity index (χ3v) is 9.27. The number of nitrogens with zero attached hydrogens (tertiary/aromatic N) is 3. The Morgan fingerprint density at radius 3 is 2.21 bits per heavy atom. The summed E-state index contributed by atoms with van der Waals surface area (Å²) in [4.78, 5) is 31.8. The van der Waals surface area contributed by atoms with Gasteiger partial charge in [-0.2, -0.15) is 10.2 Å². The minimum absolute atomic E-state index is 0.0767. The van der Waals surface area contributed by atoms with E-state index in [1.165, 1.54) is 12.1 Å². The summed E-state index contributed by atoms with van der Waals surface area (Å²) in [6.45, 7) is 6.27. The van der Waals surface area contributed by atoms with Gasteiger partial charge in [0, 0.05) is 22.5 Å². The van der Waals surface area contributed by atoms with Gasteiger partial charge in [-0.15, -0.1) is 0 Å². The van der Waals surface area contributed by atoms with E-state index in [4.69, 9.17) is 28.0 Å². The standard InChI is InChI=1S/C30H28Cl2N4O3/c1-28(2)29(3)15-16-30(28,18-25(29)36-39-26(37)23-14-9-19(31)17-24(23)32)27(38)33-20-10-12-22(13-11-20)35-34-21-7-5-4-6-8-21/h4-14,17H,15-16,18H2,1-3H3,(H,33,38)/b35-34?,36-25+. The molecule has 0 aliphatic heterocycles. The van der Waals surface area contributed by atoms with Gasteiger partial charge in [-0.3, -0.25) is 4.79 Å². The van der Waals surface area contributed by atoms with E-state index < -0.39 is 22.2 Å². The van der Waals surface area contributed by atoms with E-state index in [0.29, 0.717) is 35.0 Å². The number of nitrogens with one attached hydrogen (secondary N) is 1. The Balaban J connectivity index is 1.31. The van der Waals surface area contributed by atoms with E-state index >= 15 is 0 Å². The molecule has 3 aromatic rings. The van der Waals surface area contributed by atoms with Crippen molar-refractivity contribution >= 4 is 57.9 Å². The Kier molecular flexibility index (Phi) is 7.08. The number of benzene rings is 3. The first-order valence-electron chi connectivity index (χ1n) is 12.7. The molecule has 9 heteroatoms. The number of azo groups is 1. The highest BCUT2D eigenvalue weighted by Gasteiger charge is 2.71. The number of carbonyl (C=O) groups excluding carboxylic acids is 2. The lowest BCUT2D eigenvalue weighted by atomic mass is 9.64. The molecular formula is C30H28Cl2N4O3. The summed E-state index contributed by atoms with van der Waals surface area (Å²) >= 11 is 12.1.